The minimum Gasteiger partial charge on any atom is -0.389 e. The van der Waals surface area contributed by atoms with E-state index >= 15 is 0 Å². The molecule has 0 aromatic carbocycles. The number of aliphatic hydroxyl groups is 1. The first-order chi connectivity index (χ1) is 12.0. The van der Waals surface area contributed by atoms with Crippen molar-refractivity contribution in [3.63, 3.8) is 0 Å². The van der Waals surface area contributed by atoms with Gasteiger partial charge in [-0.3, -0.25) is 9.59 Å². The molecule has 2 amide bonds. The number of amides is 2. The number of fused-ring (bicyclic) bond motifs is 1. The first kappa shape index (κ1) is 17.5. The van der Waals surface area contributed by atoms with E-state index in [0.29, 0.717) is 12.3 Å². The van der Waals surface area contributed by atoms with Gasteiger partial charge in [0.1, 0.15) is 0 Å². The average Bonchev–Trinajstić information content (AvgIpc) is 3.19. The molecule has 0 aromatic heterocycles. The highest BCUT2D eigenvalue weighted by Crippen LogP contribution is 2.62. The predicted molar refractivity (Wildman–Crippen MR) is 90.8 cm³/mol. The lowest BCUT2D eigenvalue weighted by Gasteiger charge is -2.30. The number of hydrogen-bond donors (Lipinski definition) is 2. The van der Waals surface area contributed by atoms with Crippen molar-refractivity contribution in [3.05, 3.63) is 23.8 Å². The zero-order valence-electron chi connectivity index (χ0n) is 14.4. The molecule has 0 spiro atoms. The van der Waals surface area contributed by atoms with Crippen molar-refractivity contribution in [2.45, 2.75) is 31.9 Å². The highest BCUT2D eigenvalue weighted by Gasteiger charge is 2.61. The van der Waals surface area contributed by atoms with Crippen LogP contribution in [0.1, 0.15) is 19.8 Å². The first-order valence-electron chi connectivity index (χ1n) is 8.65. The maximum absolute atomic E-state index is 11.4. The van der Waals surface area contributed by atoms with Crippen LogP contribution < -0.4 is 5.32 Å². The Kier molecular flexibility index (Phi) is 4.82. The second-order valence-corrected chi connectivity index (χ2v) is 7.25. The summed E-state index contributed by atoms with van der Waals surface area (Å²) in [6.45, 7) is 3.34. The largest absolute Gasteiger partial charge is 0.389 e. The fourth-order valence-electron chi connectivity index (χ4n) is 4.06. The van der Waals surface area contributed by atoms with Crippen LogP contribution in [0.3, 0.4) is 0 Å². The number of carbonyl (C=O) groups is 2. The Morgan fingerprint density at radius 3 is 3.04 bits per heavy atom. The van der Waals surface area contributed by atoms with Gasteiger partial charge >= 0.3 is 0 Å². The van der Waals surface area contributed by atoms with Crippen LogP contribution in [0, 0.1) is 22.8 Å². The molecular formula is C18H24N4O3. The highest BCUT2D eigenvalue weighted by atomic mass is 16.3. The van der Waals surface area contributed by atoms with Crippen molar-refractivity contribution in [3.8, 4) is 6.19 Å². The third-order valence-electron chi connectivity index (χ3n) is 5.51. The van der Waals surface area contributed by atoms with Crippen molar-refractivity contribution >= 4 is 12.3 Å². The summed E-state index contributed by atoms with van der Waals surface area (Å²) in [7, 11) is 0. The lowest BCUT2D eigenvalue weighted by molar-refractivity contribution is -0.121. The zero-order valence-corrected chi connectivity index (χ0v) is 14.4. The molecule has 0 radical (unpaired) electrons. The molecule has 3 aliphatic rings. The minimum atomic E-state index is -0.793. The van der Waals surface area contributed by atoms with Crippen LogP contribution in [-0.4, -0.2) is 65.5 Å². The smallest absolute Gasteiger partial charge is 0.216 e. The third-order valence-corrected chi connectivity index (χ3v) is 5.51. The van der Waals surface area contributed by atoms with E-state index in [4.69, 9.17) is 5.26 Å². The number of allylic oxidation sites excluding steroid dienone is 1. The maximum atomic E-state index is 11.4. The first-order valence-corrected chi connectivity index (χ1v) is 8.65. The zero-order chi connectivity index (χ0) is 18.0. The Balaban J connectivity index is 1.55. The van der Waals surface area contributed by atoms with Crippen molar-refractivity contribution < 1.29 is 14.7 Å². The SMILES string of the molecule is CC(=O)NC[C@H](O)CN(C=O)C1C=CC(C23CC2CN(C#N)C3)=CC1. The fourth-order valence-corrected chi connectivity index (χ4v) is 4.06. The van der Waals surface area contributed by atoms with Gasteiger partial charge in [0.2, 0.25) is 12.3 Å². The quantitative estimate of drug-likeness (QED) is 0.501. The topological polar surface area (TPSA) is 96.7 Å². The number of nitriles is 1. The molecule has 0 bridgehead atoms. The van der Waals surface area contributed by atoms with Crippen molar-refractivity contribution in [2.75, 3.05) is 26.2 Å². The summed E-state index contributed by atoms with van der Waals surface area (Å²) in [6, 6.07) is -0.0877. The van der Waals surface area contributed by atoms with E-state index in [1.165, 1.54) is 12.5 Å². The Bertz CT molecular complexity index is 653. The van der Waals surface area contributed by atoms with Gasteiger partial charge in [0.15, 0.2) is 6.19 Å². The van der Waals surface area contributed by atoms with Crippen LogP contribution in [0.4, 0.5) is 0 Å². The second kappa shape index (κ2) is 6.89. The number of carbonyl (C=O) groups excluding carboxylic acids is 2. The van der Waals surface area contributed by atoms with Crippen LogP contribution in [0.5, 0.6) is 0 Å². The number of hydrogen-bond acceptors (Lipinski definition) is 5. The van der Waals surface area contributed by atoms with Gasteiger partial charge in [0.25, 0.3) is 0 Å². The van der Waals surface area contributed by atoms with Crippen LogP contribution in [-0.2, 0) is 9.59 Å². The minimum absolute atomic E-state index is 0.0877. The number of nitrogens with one attached hydrogen (secondary N) is 1. The molecule has 1 saturated heterocycles. The van der Waals surface area contributed by atoms with Gasteiger partial charge in [0.05, 0.1) is 12.1 Å². The van der Waals surface area contributed by atoms with Gasteiger partial charge in [0, 0.05) is 38.5 Å². The normalized spacial score (nSPS) is 30.8. The molecule has 7 heteroatoms. The van der Waals surface area contributed by atoms with Crippen molar-refractivity contribution in [1.82, 2.24) is 15.1 Å². The van der Waals surface area contributed by atoms with Gasteiger partial charge in [-0.15, -0.1) is 0 Å². The second-order valence-electron chi connectivity index (χ2n) is 7.25. The van der Waals surface area contributed by atoms with Gasteiger partial charge in [-0.2, -0.15) is 5.26 Å². The van der Waals surface area contributed by atoms with Gasteiger partial charge in [-0.25, -0.2) is 0 Å². The highest BCUT2D eigenvalue weighted by molar-refractivity contribution is 5.72. The Morgan fingerprint density at radius 2 is 2.48 bits per heavy atom. The van der Waals surface area contributed by atoms with Crippen LogP contribution in [0.2, 0.25) is 0 Å². The van der Waals surface area contributed by atoms with Gasteiger partial charge in [-0.1, -0.05) is 18.2 Å². The molecule has 1 saturated carbocycles. The predicted octanol–water partition coefficient (Wildman–Crippen LogP) is -0.000320. The Hall–Kier alpha value is -2.33. The third kappa shape index (κ3) is 3.54. The summed E-state index contributed by atoms with van der Waals surface area (Å²) in [6.07, 6.45) is 10.3. The lowest BCUT2D eigenvalue weighted by atomic mass is 9.88. The summed E-state index contributed by atoms with van der Waals surface area (Å²) in [5.41, 5.74) is 1.41. The number of piperidine rings is 1. The maximum Gasteiger partial charge on any atom is 0.216 e. The molecule has 2 N–H and O–H groups in total. The fraction of sp³-hybridized carbons (Fsp3) is 0.611. The molecule has 134 valence electrons. The number of likely N-dealkylation sites (tertiary alicyclic amines) is 1. The van der Waals surface area contributed by atoms with E-state index in [-0.39, 0.29) is 30.5 Å². The summed E-state index contributed by atoms with van der Waals surface area (Å²) >= 11 is 0. The van der Waals surface area contributed by atoms with Gasteiger partial charge < -0.3 is 20.2 Å². The van der Waals surface area contributed by atoms with Crippen LogP contribution in [0.25, 0.3) is 0 Å². The summed E-state index contributed by atoms with van der Waals surface area (Å²) in [5.74, 6) is 0.365. The van der Waals surface area contributed by atoms with Crippen molar-refractivity contribution in [2.24, 2.45) is 11.3 Å². The molecular weight excluding hydrogens is 320 g/mol. The van der Waals surface area contributed by atoms with E-state index in [1.54, 1.807) is 4.90 Å². The number of nitrogens with zero attached hydrogens (tertiary/aromatic N) is 3. The summed E-state index contributed by atoms with van der Waals surface area (Å²) < 4.78 is 0. The number of aliphatic hydroxyl groups excluding tert-OH is 1. The Labute approximate surface area is 147 Å². The van der Waals surface area contributed by atoms with E-state index < -0.39 is 6.10 Å². The monoisotopic (exact) mass is 344 g/mol. The summed E-state index contributed by atoms with van der Waals surface area (Å²) in [4.78, 5) is 25.7. The molecule has 1 heterocycles. The molecule has 7 nitrogen and oxygen atoms in total. The molecule has 3 unspecified atom stereocenters. The van der Waals surface area contributed by atoms with E-state index in [0.717, 1.165) is 25.9 Å². The molecule has 2 fully saturated rings. The van der Waals surface area contributed by atoms with Gasteiger partial charge in [-0.05, 0) is 24.3 Å². The molecule has 2 aliphatic carbocycles. The van der Waals surface area contributed by atoms with Crippen molar-refractivity contribution in [1.29, 1.82) is 5.26 Å². The van der Waals surface area contributed by atoms with Crippen LogP contribution in [0.15, 0.2) is 23.8 Å². The number of rotatable bonds is 7. The lowest BCUT2D eigenvalue weighted by Crippen LogP contribution is -2.43. The Morgan fingerprint density at radius 1 is 1.68 bits per heavy atom. The average molecular weight is 344 g/mol. The molecule has 25 heavy (non-hydrogen) atoms. The van der Waals surface area contributed by atoms with E-state index in [9.17, 15) is 14.7 Å². The van der Waals surface area contributed by atoms with E-state index in [2.05, 4.69) is 23.7 Å². The molecule has 1 aliphatic heterocycles. The standard InChI is InChI=1S/C18H24N4O3/c1-13(24)20-7-17(25)9-22(12-23)16-4-2-14(3-5-16)18-6-15(18)8-21(10-18)11-19/h2-4,12,15-17,25H,5-10H2,1H3,(H,20,24)/t15?,16?,17-,18?/m0/s1. The molecule has 0 aromatic rings. The molecule has 3 rings (SSSR count). The molecule has 4 atom stereocenters. The van der Waals surface area contributed by atoms with E-state index in [1.807, 2.05) is 11.0 Å². The van der Waals surface area contributed by atoms with Crippen LogP contribution >= 0.6 is 0 Å². The summed E-state index contributed by atoms with van der Waals surface area (Å²) in [5, 5.41) is 21.6.